The van der Waals surface area contributed by atoms with Gasteiger partial charge in [0.25, 0.3) is 0 Å². The summed E-state index contributed by atoms with van der Waals surface area (Å²) < 4.78 is 5.92. The number of carbonyl (C=O) groups is 1. The first-order valence-corrected chi connectivity index (χ1v) is 10.2. The van der Waals surface area contributed by atoms with E-state index in [0.717, 1.165) is 24.0 Å². The minimum absolute atomic E-state index is 0.0250. The van der Waals surface area contributed by atoms with Gasteiger partial charge in [0.2, 0.25) is 5.91 Å². The van der Waals surface area contributed by atoms with E-state index < -0.39 is 0 Å². The molecule has 2 aromatic carbocycles. The molecule has 2 aliphatic carbocycles. The van der Waals surface area contributed by atoms with Gasteiger partial charge >= 0.3 is 0 Å². The molecule has 2 aliphatic rings. The SMILES string of the molecule is C[C@]12CCCC[C@@H]1[C@@H]2C(=O)N/N=C\c1ccccc1OCc1ccccc1C#N. The molecule has 2 aromatic rings. The van der Waals surface area contributed by atoms with Crippen molar-refractivity contribution in [2.45, 2.75) is 39.2 Å². The molecule has 0 radical (unpaired) electrons. The van der Waals surface area contributed by atoms with Crippen LogP contribution in [0.4, 0.5) is 0 Å². The Morgan fingerprint density at radius 2 is 2.07 bits per heavy atom. The number of nitrogens with one attached hydrogen (secondary N) is 1. The van der Waals surface area contributed by atoms with Crippen LogP contribution in [0.3, 0.4) is 0 Å². The molecule has 1 amide bonds. The fraction of sp³-hybridized carbons (Fsp3) is 0.375. The molecule has 2 fully saturated rings. The average molecular weight is 387 g/mol. The lowest BCUT2D eigenvalue weighted by molar-refractivity contribution is -0.123. The van der Waals surface area contributed by atoms with E-state index >= 15 is 0 Å². The van der Waals surface area contributed by atoms with E-state index in [1.165, 1.54) is 12.8 Å². The largest absolute Gasteiger partial charge is 0.488 e. The van der Waals surface area contributed by atoms with Crippen LogP contribution in [0.15, 0.2) is 53.6 Å². The highest BCUT2D eigenvalue weighted by Gasteiger charge is 2.64. The van der Waals surface area contributed by atoms with Crippen LogP contribution in [-0.4, -0.2) is 12.1 Å². The summed E-state index contributed by atoms with van der Waals surface area (Å²) in [5.74, 6) is 1.29. The smallest absolute Gasteiger partial charge is 0.244 e. The van der Waals surface area contributed by atoms with Crippen molar-refractivity contribution in [3.63, 3.8) is 0 Å². The number of hydrazone groups is 1. The fourth-order valence-corrected chi connectivity index (χ4v) is 4.71. The molecule has 0 bridgehead atoms. The minimum Gasteiger partial charge on any atom is -0.488 e. The van der Waals surface area contributed by atoms with Gasteiger partial charge in [0, 0.05) is 17.0 Å². The Balaban J connectivity index is 1.38. The number of hydrogen-bond acceptors (Lipinski definition) is 4. The van der Waals surface area contributed by atoms with Crippen LogP contribution in [-0.2, 0) is 11.4 Å². The number of hydrogen-bond donors (Lipinski definition) is 1. The van der Waals surface area contributed by atoms with Crippen LogP contribution in [0.2, 0.25) is 0 Å². The number of rotatable bonds is 6. The van der Waals surface area contributed by atoms with Gasteiger partial charge in [0.1, 0.15) is 12.4 Å². The summed E-state index contributed by atoms with van der Waals surface area (Å²) >= 11 is 0. The Morgan fingerprint density at radius 3 is 2.86 bits per heavy atom. The highest BCUT2D eigenvalue weighted by Crippen LogP contribution is 2.66. The second kappa shape index (κ2) is 8.08. The summed E-state index contributed by atoms with van der Waals surface area (Å²) in [6.07, 6.45) is 6.36. The normalized spacial score (nSPS) is 25.1. The van der Waals surface area contributed by atoms with Gasteiger partial charge < -0.3 is 4.74 Å². The molecule has 0 aliphatic heterocycles. The predicted octanol–water partition coefficient (Wildman–Crippen LogP) is 4.41. The summed E-state index contributed by atoms with van der Waals surface area (Å²) in [5, 5.41) is 13.4. The molecule has 1 N–H and O–H groups in total. The van der Waals surface area contributed by atoms with E-state index in [1.54, 1.807) is 12.3 Å². The molecule has 5 nitrogen and oxygen atoms in total. The maximum absolute atomic E-state index is 12.5. The van der Waals surface area contributed by atoms with E-state index in [-0.39, 0.29) is 17.2 Å². The molecule has 0 aromatic heterocycles. The van der Waals surface area contributed by atoms with Gasteiger partial charge in [-0.2, -0.15) is 10.4 Å². The Kier molecular flexibility index (Phi) is 5.35. The number of fused-ring (bicyclic) bond motifs is 1. The Morgan fingerprint density at radius 1 is 1.28 bits per heavy atom. The van der Waals surface area contributed by atoms with E-state index in [9.17, 15) is 10.1 Å². The summed E-state index contributed by atoms with van der Waals surface area (Å²) in [6.45, 7) is 2.52. The number of nitriles is 1. The van der Waals surface area contributed by atoms with E-state index in [1.807, 2.05) is 42.5 Å². The van der Waals surface area contributed by atoms with Gasteiger partial charge in [-0.3, -0.25) is 4.79 Å². The number of benzene rings is 2. The quantitative estimate of drug-likeness (QED) is 0.589. The third-order valence-corrected chi connectivity index (χ3v) is 6.43. The predicted molar refractivity (Wildman–Crippen MR) is 111 cm³/mol. The van der Waals surface area contributed by atoms with Crippen molar-refractivity contribution in [2.24, 2.45) is 22.4 Å². The zero-order valence-electron chi connectivity index (χ0n) is 16.6. The minimum atomic E-state index is 0.0250. The van der Waals surface area contributed by atoms with Crippen LogP contribution in [0, 0.1) is 28.6 Å². The van der Waals surface area contributed by atoms with E-state index in [4.69, 9.17) is 4.74 Å². The lowest BCUT2D eigenvalue weighted by atomic mass is 9.90. The summed E-state index contributed by atoms with van der Waals surface area (Å²) in [5.41, 5.74) is 5.11. The van der Waals surface area contributed by atoms with Crippen molar-refractivity contribution in [2.75, 3.05) is 0 Å². The first-order valence-electron chi connectivity index (χ1n) is 10.2. The van der Waals surface area contributed by atoms with Crippen LogP contribution in [0.25, 0.3) is 0 Å². The number of ether oxygens (including phenoxy) is 1. The average Bonchev–Trinajstić information content (AvgIpc) is 3.38. The fourth-order valence-electron chi connectivity index (χ4n) is 4.71. The number of amides is 1. The van der Waals surface area contributed by atoms with Crippen molar-refractivity contribution in [3.05, 3.63) is 65.2 Å². The molecule has 0 unspecified atom stereocenters. The Labute approximate surface area is 171 Å². The summed E-state index contributed by atoms with van der Waals surface area (Å²) in [4.78, 5) is 12.5. The summed E-state index contributed by atoms with van der Waals surface area (Å²) in [7, 11) is 0. The highest BCUT2D eigenvalue weighted by molar-refractivity contribution is 5.87. The molecule has 0 heterocycles. The monoisotopic (exact) mass is 387 g/mol. The molecule has 0 spiro atoms. The van der Waals surface area contributed by atoms with E-state index in [0.29, 0.717) is 23.8 Å². The molecule has 2 saturated carbocycles. The van der Waals surface area contributed by atoms with Crippen molar-refractivity contribution in [1.82, 2.24) is 5.43 Å². The number of para-hydroxylation sites is 1. The lowest BCUT2D eigenvalue weighted by Gasteiger charge is -2.15. The molecule has 5 heteroatoms. The Hall–Kier alpha value is -3.13. The Bertz CT molecular complexity index is 978. The maximum Gasteiger partial charge on any atom is 0.244 e. The molecule has 4 rings (SSSR count). The topological polar surface area (TPSA) is 74.5 Å². The third-order valence-electron chi connectivity index (χ3n) is 6.43. The standard InChI is InChI=1S/C24H25N3O2/c1-24-13-7-6-11-20(24)22(24)23(28)27-26-15-18-9-4-5-12-21(18)29-16-19-10-3-2-8-17(19)14-25/h2-5,8-10,12,15,20,22H,6-7,11,13,16H2,1H3,(H,27,28)/b26-15-/t20-,22-,24+/m1/s1. The summed E-state index contributed by atoms with van der Waals surface area (Å²) in [6, 6.07) is 17.1. The number of nitrogens with zero attached hydrogens (tertiary/aromatic N) is 2. The highest BCUT2D eigenvalue weighted by atomic mass is 16.5. The van der Waals surface area contributed by atoms with Crippen LogP contribution < -0.4 is 10.2 Å². The van der Waals surface area contributed by atoms with Crippen molar-refractivity contribution >= 4 is 12.1 Å². The molecular formula is C24H25N3O2. The van der Waals surface area contributed by atoms with Gasteiger partial charge in [-0.05, 0) is 42.4 Å². The van der Waals surface area contributed by atoms with Crippen LogP contribution in [0.5, 0.6) is 5.75 Å². The first kappa shape index (κ1) is 19.2. The van der Waals surface area contributed by atoms with Gasteiger partial charge in [0.15, 0.2) is 0 Å². The zero-order valence-corrected chi connectivity index (χ0v) is 16.6. The molecule has 29 heavy (non-hydrogen) atoms. The van der Waals surface area contributed by atoms with Gasteiger partial charge in [-0.15, -0.1) is 0 Å². The maximum atomic E-state index is 12.5. The molecular weight excluding hydrogens is 362 g/mol. The van der Waals surface area contributed by atoms with Crippen molar-refractivity contribution in [3.8, 4) is 11.8 Å². The van der Waals surface area contributed by atoms with Gasteiger partial charge in [0.05, 0.1) is 17.8 Å². The third kappa shape index (κ3) is 3.88. The molecule has 0 saturated heterocycles. The van der Waals surface area contributed by atoms with Gasteiger partial charge in [-0.1, -0.05) is 50.1 Å². The second-order valence-electron chi connectivity index (χ2n) is 8.17. The second-order valence-corrected chi connectivity index (χ2v) is 8.17. The van der Waals surface area contributed by atoms with Crippen LogP contribution >= 0.6 is 0 Å². The zero-order chi connectivity index (χ0) is 20.3. The molecule has 3 atom stereocenters. The number of carbonyl (C=O) groups excluding carboxylic acids is 1. The van der Waals surface area contributed by atoms with Crippen LogP contribution in [0.1, 0.15) is 49.3 Å². The first-order chi connectivity index (χ1) is 14.1. The lowest BCUT2D eigenvalue weighted by Crippen LogP contribution is -2.22. The van der Waals surface area contributed by atoms with Crippen molar-refractivity contribution in [1.29, 1.82) is 5.26 Å². The van der Waals surface area contributed by atoms with Crippen molar-refractivity contribution < 1.29 is 9.53 Å². The van der Waals surface area contributed by atoms with E-state index in [2.05, 4.69) is 23.5 Å². The van der Waals surface area contributed by atoms with Gasteiger partial charge in [-0.25, -0.2) is 5.43 Å². The molecule has 148 valence electrons.